The van der Waals surface area contributed by atoms with Crippen molar-refractivity contribution in [3.63, 3.8) is 0 Å². The first kappa shape index (κ1) is 16.0. The number of hydrogen-bond donors (Lipinski definition) is 1. The Morgan fingerprint density at radius 2 is 2.12 bits per heavy atom. The summed E-state index contributed by atoms with van der Waals surface area (Å²) in [5.41, 5.74) is 1.22. The largest absolute Gasteiger partial charge is 0.340 e. The first-order valence-electron chi connectivity index (χ1n) is 8.05. The van der Waals surface area contributed by atoms with Crippen molar-refractivity contribution in [3.05, 3.63) is 41.5 Å². The van der Waals surface area contributed by atoms with E-state index in [1.807, 2.05) is 0 Å². The average Bonchev–Trinajstić information content (AvgIpc) is 2.87. The van der Waals surface area contributed by atoms with E-state index in [0.717, 1.165) is 25.7 Å². The number of urea groups is 1. The highest BCUT2D eigenvalue weighted by Crippen LogP contribution is 2.29. The summed E-state index contributed by atoms with van der Waals surface area (Å²) in [6.07, 6.45) is 3.88. The highest BCUT2D eigenvalue weighted by molar-refractivity contribution is 5.89. The molecule has 1 N–H and O–H groups in total. The zero-order chi connectivity index (χ0) is 16.9. The topological polar surface area (TPSA) is 95.1 Å². The number of aromatic nitrogens is 2. The number of likely N-dealkylation sites (tertiary alicyclic amines) is 1. The molecule has 1 aliphatic rings. The predicted octanol–water partition coefficient (Wildman–Crippen LogP) is 3.40. The van der Waals surface area contributed by atoms with E-state index in [1.165, 1.54) is 0 Å². The highest BCUT2D eigenvalue weighted by Gasteiger charge is 2.30. The smallest absolute Gasteiger partial charge is 0.322 e. The number of anilines is 1. The van der Waals surface area contributed by atoms with Gasteiger partial charge in [0.25, 0.3) is 0 Å². The summed E-state index contributed by atoms with van der Waals surface area (Å²) in [6.45, 7) is 2.40. The molecule has 0 aliphatic carbocycles. The summed E-state index contributed by atoms with van der Waals surface area (Å²) in [7, 11) is 0. The minimum absolute atomic E-state index is 0.177. The standard InChI is InChI=1S/C17H19N5O2/c1-12-19-16(21-24-12)15-5-3-2-4-10-22(15)17(23)20-14-8-6-13(11-18)7-9-14/h6-9,15H,2-5,10H2,1H3,(H,20,23)/t15-/m1/s1. The van der Waals surface area contributed by atoms with Crippen molar-refractivity contribution in [3.8, 4) is 6.07 Å². The zero-order valence-corrected chi connectivity index (χ0v) is 13.5. The molecule has 7 heteroatoms. The van der Waals surface area contributed by atoms with Gasteiger partial charge in [0.15, 0.2) is 5.82 Å². The van der Waals surface area contributed by atoms with Gasteiger partial charge in [0.05, 0.1) is 17.7 Å². The van der Waals surface area contributed by atoms with Crippen molar-refractivity contribution in [2.45, 2.75) is 38.6 Å². The minimum Gasteiger partial charge on any atom is -0.340 e. The van der Waals surface area contributed by atoms with Crippen LogP contribution < -0.4 is 5.32 Å². The third-order valence-electron chi connectivity index (χ3n) is 4.12. The molecule has 1 fully saturated rings. The van der Waals surface area contributed by atoms with Crippen LogP contribution in [-0.2, 0) is 0 Å². The van der Waals surface area contributed by atoms with Gasteiger partial charge >= 0.3 is 6.03 Å². The van der Waals surface area contributed by atoms with Crippen LogP contribution in [0.5, 0.6) is 0 Å². The number of aryl methyl sites for hydroxylation is 1. The summed E-state index contributed by atoms with van der Waals surface area (Å²) in [5.74, 6) is 1.06. The molecule has 0 unspecified atom stereocenters. The molecule has 3 rings (SSSR count). The van der Waals surface area contributed by atoms with Crippen LogP contribution in [-0.4, -0.2) is 27.6 Å². The van der Waals surface area contributed by atoms with Gasteiger partial charge in [-0.25, -0.2) is 4.79 Å². The Hall–Kier alpha value is -2.88. The van der Waals surface area contributed by atoms with Crippen molar-refractivity contribution < 1.29 is 9.32 Å². The summed E-state index contributed by atoms with van der Waals surface area (Å²) in [4.78, 5) is 18.8. The molecule has 2 heterocycles. The number of rotatable bonds is 2. The highest BCUT2D eigenvalue weighted by atomic mass is 16.5. The summed E-state index contributed by atoms with van der Waals surface area (Å²) >= 11 is 0. The van der Waals surface area contributed by atoms with Gasteiger partial charge in [-0.3, -0.25) is 0 Å². The normalized spacial score (nSPS) is 17.8. The molecule has 0 bridgehead atoms. The second-order valence-electron chi connectivity index (χ2n) is 5.85. The van der Waals surface area contributed by atoms with Gasteiger partial charge in [0.1, 0.15) is 0 Å². The molecule has 24 heavy (non-hydrogen) atoms. The van der Waals surface area contributed by atoms with Crippen molar-refractivity contribution in [1.82, 2.24) is 15.0 Å². The number of hydrogen-bond acceptors (Lipinski definition) is 5. The van der Waals surface area contributed by atoms with E-state index >= 15 is 0 Å². The van der Waals surface area contributed by atoms with Crippen molar-refractivity contribution in [2.24, 2.45) is 0 Å². The Labute approximate surface area is 140 Å². The summed E-state index contributed by atoms with van der Waals surface area (Å²) < 4.78 is 5.08. The molecule has 1 saturated heterocycles. The molecular formula is C17H19N5O2. The van der Waals surface area contributed by atoms with Gasteiger partial charge < -0.3 is 14.7 Å². The lowest BCUT2D eigenvalue weighted by Crippen LogP contribution is -2.38. The molecular weight excluding hydrogens is 306 g/mol. The van der Waals surface area contributed by atoms with Crippen LogP contribution in [0.1, 0.15) is 49.0 Å². The van der Waals surface area contributed by atoms with Crippen molar-refractivity contribution >= 4 is 11.7 Å². The van der Waals surface area contributed by atoms with Crippen LogP contribution in [0.2, 0.25) is 0 Å². The number of amides is 2. The molecule has 2 amide bonds. The molecule has 2 aromatic rings. The first-order valence-corrected chi connectivity index (χ1v) is 8.05. The third kappa shape index (κ3) is 3.54. The van der Waals surface area contributed by atoms with Gasteiger partial charge in [-0.1, -0.05) is 18.0 Å². The van der Waals surface area contributed by atoms with E-state index in [1.54, 1.807) is 36.1 Å². The maximum Gasteiger partial charge on any atom is 0.322 e. The lowest BCUT2D eigenvalue weighted by atomic mass is 10.1. The average molecular weight is 325 g/mol. The van der Waals surface area contributed by atoms with Crippen molar-refractivity contribution in [1.29, 1.82) is 5.26 Å². The Balaban J connectivity index is 1.77. The second kappa shape index (κ2) is 7.13. The van der Waals surface area contributed by atoms with Crippen LogP contribution in [0.15, 0.2) is 28.8 Å². The lowest BCUT2D eigenvalue weighted by molar-refractivity contribution is 0.184. The number of carbonyl (C=O) groups is 1. The summed E-state index contributed by atoms with van der Waals surface area (Å²) in [6, 6.07) is 8.50. The van der Waals surface area contributed by atoms with Crippen LogP contribution in [0.25, 0.3) is 0 Å². The molecule has 0 radical (unpaired) electrons. The van der Waals surface area contributed by atoms with Gasteiger partial charge in [-0.05, 0) is 37.1 Å². The van der Waals surface area contributed by atoms with Gasteiger partial charge in [0.2, 0.25) is 5.89 Å². The Morgan fingerprint density at radius 1 is 1.33 bits per heavy atom. The number of benzene rings is 1. The van der Waals surface area contributed by atoms with Crippen LogP contribution in [0, 0.1) is 18.3 Å². The monoisotopic (exact) mass is 325 g/mol. The fourth-order valence-electron chi connectivity index (χ4n) is 2.89. The number of nitrogens with zero attached hydrogens (tertiary/aromatic N) is 4. The Morgan fingerprint density at radius 3 is 2.79 bits per heavy atom. The zero-order valence-electron chi connectivity index (χ0n) is 13.5. The quantitative estimate of drug-likeness (QED) is 0.913. The molecule has 1 aliphatic heterocycles. The SMILES string of the molecule is Cc1nc([C@H]2CCCCCN2C(=O)Nc2ccc(C#N)cc2)no1. The minimum atomic E-state index is -0.186. The molecule has 1 aromatic heterocycles. The molecule has 1 aromatic carbocycles. The van der Waals surface area contributed by atoms with E-state index in [2.05, 4.69) is 21.5 Å². The molecule has 0 spiro atoms. The van der Waals surface area contributed by atoms with E-state index < -0.39 is 0 Å². The Bertz CT molecular complexity index is 747. The lowest BCUT2D eigenvalue weighted by Gasteiger charge is -2.28. The van der Waals surface area contributed by atoms with Gasteiger partial charge in [-0.15, -0.1) is 0 Å². The second-order valence-corrected chi connectivity index (χ2v) is 5.85. The fourth-order valence-corrected chi connectivity index (χ4v) is 2.89. The van der Waals surface area contributed by atoms with E-state index in [4.69, 9.17) is 9.78 Å². The van der Waals surface area contributed by atoms with E-state index in [-0.39, 0.29) is 12.1 Å². The van der Waals surface area contributed by atoms with E-state index in [9.17, 15) is 4.79 Å². The number of nitriles is 1. The van der Waals surface area contributed by atoms with Gasteiger partial charge in [0, 0.05) is 19.2 Å². The molecule has 0 saturated carbocycles. The first-order chi connectivity index (χ1) is 11.7. The third-order valence-corrected chi connectivity index (χ3v) is 4.12. The molecule has 1 atom stereocenters. The van der Waals surface area contributed by atoms with Crippen LogP contribution in [0.4, 0.5) is 10.5 Å². The van der Waals surface area contributed by atoms with Crippen molar-refractivity contribution in [2.75, 3.05) is 11.9 Å². The van der Waals surface area contributed by atoms with Gasteiger partial charge in [-0.2, -0.15) is 10.2 Å². The molecule has 7 nitrogen and oxygen atoms in total. The number of nitrogens with one attached hydrogen (secondary N) is 1. The maximum atomic E-state index is 12.7. The predicted molar refractivity (Wildman–Crippen MR) is 87.1 cm³/mol. The maximum absolute atomic E-state index is 12.7. The number of carbonyl (C=O) groups excluding carboxylic acids is 1. The van der Waals surface area contributed by atoms with Crippen LogP contribution >= 0.6 is 0 Å². The summed E-state index contributed by atoms with van der Waals surface area (Å²) in [5, 5.41) is 15.7. The molecule has 124 valence electrons. The van der Waals surface area contributed by atoms with Crippen LogP contribution in [0.3, 0.4) is 0 Å². The Kier molecular flexibility index (Phi) is 4.75. The fraction of sp³-hybridized carbons (Fsp3) is 0.412. The van der Waals surface area contributed by atoms with E-state index in [0.29, 0.717) is 29.5 Å².